The summed E-state index contributed by atoms with van der Waals surface area (Å²) in [5.41, 5.74) is -0.333. The van der Waals surface area contributed by atoms with Gasteiger partial charge in [0.2, 0.25) is 0 Å². The van der Waals surface area contributed by atoms with Gasteiger partial charge in [-0.05, 0) is 43.9 Å². The molecule has 0 radical (unpaired) electrons. The summed E-state index contributed by atoms with van der Waals surface area (Å²) in [7, 11) is 0. The highest BCUT2D eigenvalue weighted by Crippen LogP contribution is 2.40. The Labute approximate surface area is 95.3 Å². The molecule has 0 aromatic carbocycles. The summed E-state index contributed by atoms with van der Waals surface area (Å²) in [6.45, 7) is 6.70. The minimum atomic E-state index is -0.333. The number of hydrogen-bond acceptors (Lipinski definition) is 1. The van der Waals surface area contributed by atoms with Crippen LogP contribution in [-0.2, 0) is 0 Å². The average molecular weight is 212 g/mol. The molecular weight excluding hydrogens is 184 g/mol. The van der Waals surface area contributed by atoms with E-state index in [1.54, 1.807) is 0 Å². The average Bonchev–Trinajstić information content (AvgIpc) is 2.22. The minimum absolute atomic E-state index is 0.333. The molecule has 1 atom stereocenters. The molecule has 1 aliphatic carbocycles. The van der Waals surface area contributed by atoms with Gasteiger partial charge in [-0.15, -0.1) is 0 Å². The van der Waals surface area contributed by atoms with E-state index in [-0.39, 0.29) is 5.60 Å². The van der Waals surface area contributed by atoms with Crippen LogP contribution in [0.3, 0.4) is 0 Å². The van der Waals surface area contributed by atoms with Gasteiger partial charge in [-0.3, -0.25) is 0 Å². The van der Waals surface area contributed by atoms with Crippen molar-refractivity contribution in [3.8, 4) is 0 Å². The lowest BCUT2D eigenvalue weighted by Gasteiger charge is -2.40. The van der Waals surface area contributed by atoms with Crippen molar-refractivity contribution >= 4 is 0 Å². The van der Waals surface area contributed by atoms with E-state index in [1.165, 1.54) is 38.5 Å². The molecule has 1 heteroatoms. The fraction of sp³-hybridized carbons (Fsp3) is 1.00. The van der Waals surface area contributed by atoms with E-state index in [4.69, 9.17) is 0 Å². The summed E-state index contributed by atoms with van der Waals surface area (Å²) < 4.78 is 0. The Morgan fingerprint density at radius 1 is 1.20 bits per heavy atom. The van der Waals surface area contributed by atoms with Gasteiger partial charge in [0.15, 0.2) is 0 Å². The van der Waals surface area contributed by atoms with Crippen LogP contribution < -0.4 is 0 Å². The van der Waals surface area contributed by atoms with Crippen molar-refractivity contribution in [1.29, 1.82) is 0 Å². The van der Waals surface area contributed by atoms with Crippen LogP contribution in [0.1, 0.15) is 72.1 Å². The number of aliphatic hydroxyl groups is 1. The lowest BCUT2D eigenvalue weighted by atomic mass is 9.71. The molecule has 1 fully saturated rings. The summed E-state index contributed by atoms with van der Waals surface area (Å²) in [6.07, 6.45) is 9.61. The molecule has 90 valence electrons. The molecule has 0 aliphatic heterocycles. The molecule has 1 saturated carbocycles. The molecule has 1 unspecified atom stereocenters. The molecule has 0 saturated heterocycles. The molecule has 0 spiro atoms. The van der Waals surface area contributed by atoms with Gasteiger partial charge >= 0.3 is 0 Å². The van der Waals surface area contributed by atoms with Gasteiger partial charge in [0.05, 0.1) is 5.60 Å². The van der Waals surface area contributed by atoms with Gasteiger partial charge in [0, 0.05) is 0 Å². The van der Waals surface area contributed by atoms with Crippen LogP contribution in [0, 0.1) is 11.8 Å². The first kappa shape index (κ1) is 13.0. The van der Waals surface area contributed by atoms with Crippen LogP contribution in [-0.4, -0.2) is 10.7 Å². The zero-order chi connectivity index (χ0) is 11.3. The van der Waals surface area contributed by atoms with Gasteiger partial charge in [0.1, 0.15) is 0 Å². The van der Waals surface area contributed by atoms with Crippen LogP contribution in [0.5, 0.6) is 0 Å². The highest BCUT2D eigenvalue weighted by Gasteiger charge is 2.36. The normalized spacial score (nSPS) is 34.0. The summed E-state index contributed by atoms with van der Waals surface area (Å²) in [6, 6.07) is 0. The van der Waals surface area contributed by atoms with Gasteiger partial charge < -0.3 is 5.11 Å². The van der Waals surface area contributed by atoms with E-state index in [1.807, 2.05) is 0 Å². The SMILES string of the molecule is CCCC1CCC(O)(C(C)CCC)CC1. The maximum atomic E-state index is 10.6. The Hall–Kier alpha value is -0.0400. The van der Waals surface area contributed by atoms with Crippen LogP contribution in [0.2, 0.25) is 0 Å². The maximum absolute atomic E-state index is 10.6. The molecule has 0 amide bonds. The third-order valence-electron chi connectivity index (χ3n) is 4.31. The zero-order valence-corrected chi connectivity index (χ0v) is 10.8. The molecule has 0 heterocycles. The second kappa shape index (κ2) is 5.89. The topological polar surface area (TPSA) is 20.2 Å². The Balaban J connectivity index is 2.39. The third kappa shape index (κ3) is 3.48. The summed E-state index contributed by atoms with van der Waals surface area (Å²) in [4.78, 5) is 0. The van der Waals surface area contributed by atoms with Crippen molar-refractivity contribution in [3.05, 3.63) is 0 Å². The van der Waals surface area contributed by atoms with Crippen molar-refractivity contribution in [2.45, 2.75) is 77.7 Å². The van der Waals surface area contributed by atoms with Crippen molar-refractivity contribution < 1.29 is 5.11 Å². The van der Waals surface area contributed by atoms with Crippen molar-refractivity contribution in [1.82, 2.24) is 0 Å². The van der Waals surface area contributed by atoms with Gasteiger partial charge in [-0.25, -0.2) is 0 Å². The van der Waals surface area contributed by atoms with E-state index < -0.39 is 0 Å². The number of hydrogen-bond donors (Lipinski definition) is 1. The zero-order valence-electron chi connectivity index (χ0n) is 10.8. The standard InChI is InChI=1S/C14H28O/c1-4-6-12(3)14(15)10-8-13(7-5-2)9-11-14/h12-13,15H,4-11H2,1-3H3. The van der Waals surface area contributed by atoms with Gasteiger partial charge in [0.25, 0.3) is 0 Å². The summed E-state index contributed by atoms with van der Waals surface area (Å²) in [5.74, 6) is 1.38. The fourth-order valence-corrected chi connectivity index (χ4v) is 3.07. The van der Waals surface area contributed by atoms with Gasteiger partial charge in [-0.1, -0.05) is 40.0 Å². The first-order chi connectivity index (χ1) is 7.12. The molecule has 0 aromatic rings. The van der Waals surface area contributed by atoms with Crippen LogP contribution >= 0.6 is 0 Å². The smallest absolute Gasteiger partial charge is 0.0673 e. The Bertz CT molecular complexity index is 168. The minimum Gasteiger partial charge on any atom is -0.390 e. The second-order valence-electron chi connectivity index (χ2n) is 5.53. The predicted octanol–water partition coefficient (Wildman–Crippen LogP) is 4.14. The van der Waals surface area contributed by atoms with Crippen LogP contribution in [0.15, 0.2) is 0 Å². The summed E-state index contributed by atoms with van der Waals surface area (Å²) in [5, 5.41) is 10.6. The lowest BCUT2D eigenvalue weighted by Crippen LogP contribution is -2.40. The van der Waals surface area contributed by atoms with E-state index in [9.17, 15) is 5.11 Å². The Kier molecular flexibility index (Phi) is 5.11. The Morgan fingerprint density at radius 3 is 2.27 bits per heavy atom. The molecular formula is C14H28O. The largest absolute Gasteiger partial charge is 0.390 e. The quantitative estimate of drug-likeness (QED) is 0.726. The van der Waals surface area contributed by atoms with E-state index >= 15 is 0 Å². The van der Waals surface area contributed by atoms with E-state index in [0.29, 0.717) is 5.92 Å². The summed E-state index contributed by atoms with van der Waals surface area (Å²) >= 11 is 0. The molecule has 0 bridgehead atoms. The predicted molar refractivity (Wildman–Crippen MR) is 65.9 cm³/mol. The molecule has 1 N–H and O–H groups in total. The second-order valence-corrected chi connectivity index (χ2v) is 5.53. The molecule has 15 heavy (non-hydrogen) atoms. The van der Waals surface area contributed by atoms with Crippen LogP contribution in [0.25, 0.3) is 0 Å². The van der Waals surface area contributed by atoms with E-state index in [2.05, 4.69) is 20.8 Å². The highest BCUT2D eigenvalue weighted by molar-refractivity contribution is 4.89. The fourth-order valence-electron chi connectivity index (χ4n) is 3.07. The maximum Gasteiger partial charge on any atom is 0.0673 e. The number of rotatable bonds is 5. The Morgan fingerprint density at radius 2 is 1.80 bits per heavy atom. The van der Waals surface area contributed by atoms with Gasteiger partial charge in [-0.2, -0.15) is 0 Å². The highest BCUT2D eigenvalue weighted by atomic mass is 16.3. The molecule has 1 nitrogen and oxygen atoms in total. The lowest BCUT2D eigenvalue weighted by molar-refractivity contribution is -0.0569. The third-order valence-corrected chi connectivity index (χ3v) is 4.31. The molecule has 1 rings (SSSR count). The van der Waals surface area contributed by atoms with E-state index in [0.717, 1.165) is 18.8 Å². The molecule has 1 aliphatic rings. The van der Waals surface area contributed by atoms with Crippen molar-refractivity contribution in [2.75, 3.05) is 0 Å². The first-order valence-corrected chi connectivity index (χ1v) is 6.84. The monoisotopic (exact) mass is 212 g/mol. The van der Waals surface area contributed by atoms with Crippen molar-refractivity contribution in [3.63, 3.8) is 0 Å². The molecule has 0 aromatic heterocycles. The van der Waals surface area contributed by atoms with Crippen LogP contribution in [0.4, 0.5) is 0 Å². The first-order valence-electron chi connectivity index (χ1n) is 6.84. The van der Waals surface area contributed by atoms with Crippen molar-refractivity contribution in [2.24, 2.45) is 11.8 Å².